The van der Waals surface area contributed by atoms with Crippen LogP contribution < -0.4 is 10.1 Å². The number of carbonyl (C=O) groups excluding carboxylic acids is 1. The maximum Gasteiger partial charge on any atom is 0.387 e. The summed E-state index contributed by atoms with van der Waals surface area (Å²) in [6.07, 6.45) is 5.15. The molecule has 2 atom stereocenters. The van der Waals surface area contributed by atoms with Gasteiger partial charge in [0.2, 0.25) is 0 Å². The van der Waals surface area contributed by atoms with Gasteiger partial charge in [0, 0.05) is 23.6 Å². The van der Waals surface area contributed by atoms with Gasteiger partial charge in [-0.1, -0.05) is 18.6 Å². The van der Waals surface area contributed by atoms with Crippen LogP contribution in [0, 0.1) is 5.92 Å². The average Bonchev–Trinajstić information content (AvgIpc) is 2.45. The van der Waals surface area contributed by atoms with Crippen molar-refractivity contribution in [3.8, 4) is 5.75 Å². The molecule has 2 aliphatic rings. The fraction of sp³-hybridized carbons (Fsp3) is 0.562. The van der Waals surface area contributed by atoms with E-state index in [1.165, 1.54) is 18.6 Å². The summed E-state index contributed by atoms with van der Waals surface area (Å²) in [4.78, 5) is 12.6. The highest BCUT2D eigenvalue weighted by Gasteiger charge is 2.34. The molecule has 0 saturated carbocycles. The van der Waals surface area contributed by atoms with Gasteiger partial charge in [0.25, 0.3) is 0 Å². The number of alkyl halides is 2. The van der Waals surface area contributed by atoms with Gasteiger partial charge in [-0.2, -0.15) is 8.78 Å². The summed E-state index contributed by atoms with van der Waals surface area (Å²) in [5.41, 5.74) is 0.470. The van der Waals surface area contributed by atoms with E-state index < -0.39 is 6.61 Å². The molecule has 0 aromatic heterocycles. The van der Waals surface area contributed by atoms with Crippen LogP contribution >= 0.6 is 0 Å². The zero-order valence-electron chi connectivity index (χ0n) is 11.7. The first-order chi connectivity index (χ1) is 10.1. The topological polar surface area (TPSA) is 38.3 Å². The van der Waals surface area contributed by atoms with Crippen LogP contribution in [0.3, 0.4) is 0 Å². The molecule has 0 radical (unpaired) electrons. The van der Waals surface area contributed by atoms with E-state index in [0.717, 1.165) is 25.7 Å². The molecule has 1 N–H and O–H groups in total. The molecule has 0 amide bonds. The summed E-state index contributed by atoms with van der Waals surface area (Å²) in [5, 5.41) is 3.55. The summed E-state index contributed by atoms with van der Waals surface area (Å²) in [5.74, 6) is 0.0847. The SMILES string of the molecule is O=C(c1cccc(OC(F)F)c1)C1CC2CCCC(C1)N2. The monoisotopic (exact) mass is 295 g/mol. The van der Waals surface area contributed by atoms with Crippen LogP contribution in [0.4, 0.5) is 8.78 Å². The Labute approximate surface area is 122 Å². The quantitative estimate of drug-likeness (QED) is 0.865. The van der Waals surface area contributed by atoms with Crippen LogP contribution in [0.5, 0.6) is 5.75 Å². The lowest BCUT2D eigenvalue weighted by Gasteiger charge is -2.39. The molecule has 0 spiro atoms. The molecule has 3 rings (SSSR count). The molecule has 2 unspecified atom stereocenters. The summed E-state index contributed by atoms with van der Waals surface area (Å²) >= 11 is 0. The highest BCUT2D eigenvalue weighted by atomic mass is 19.3. The van der Waals surface area contributed by atoms with Crippen LogP contribution in [0.15, 0.2) is 24.3 Å². The number of ketones is 1. The number of nitrogens with one attached hydrogen (secondary N) is 1. The second-order valence-corrected chi connectivity index (χ2v) is 5.93. The number of rotatable bonds is 4. The minimum absolute atomic E-state index is 0.0108. The molecule has 1 aromatic carbocycles. The maximum absolute atomic E-state index is 12.6. The third kappa shape index (κ3) is 3.40. The van der Waals surface area contributed by atoms with Crippen LogP contribution in [0.2, 0.25) is 0 Å². The fourth-order valence-electron chi connectivity index (χ4n) is 3.54. The molecule has 2 saturated heterocycles. The molecule has 5 heteroatoms. The predicted octanol–water partition coefficient (Wildman–Crippen LogP) is 3.39. The largest absolute Gasteiger partial charge is 0.435 e. The summed E-state index contributed by atoms with van der Waals surface area (Å²) < 4.78 is 28.9. The Bertz CT molecular complexity index is 509. The number of carbonyl (C=O) groups is 1. The van der Waals surface area contributed by atoms with Crippen LogP contribution in [-0.2, 0) is 0 Å². The Balaban J connectivity index is 1.72. The van der Waals surface area contributed by atoms with Gasteiger partial charge in [0.1, 0.15) is 5.75 Å². The van der Waals surface area contributed by atoms with E-state index in [4.69, 9.17) is 0 Å². The predicted molar refractivity (Wildman–Crippen MR) is 74.7 cm³/mol. The molecule has 1 aromatic rings. The number of piperidine rings is 2. The number of ether oxygens (including phenoxy) is 1. The van der Waals surface area contributed by atoms with Crippen molar-refractivity contribution in [2.45, 2.75) is 50.8 Å². The van der Waals surface area contributed by atoms with Crippen molar-refractivity contribution < 1.29 is 18.3 Å². The van der Waals surface area contributed by atoms with Crippen molar-refractivity contribution >= 4 is 5.78 Å². The van der Waals surface area contributed by atoms with Gasteiger partial charge in [-0.25, -0.2) is 0 Å². The fourth-order valence-corrected chi connectivity index (χ4v) is 3.54. The van der Waals surface area contributed by atoms with Crippen molar-refractivity contribution in [3.05, 3.63) is 29.8 Å². The third-order valence-corrected chi connectivity index (χ3v) is 4.43. The molecule has 3 nitrogen and oxygen atoms in total. The molecule has 0 aliphatic carbocycles. The van der Waals surface area contributed by atoms with E-state index in [1.54, 1.807) is 12.1 Å². The molecule has 2 fully saturated rings. The zero-order chi connectivity index (χ0) is 14.8. The number of hydrogen-bond acceptors (Lipinski definition) is 3. The Hall–Kier alpha value is -1.49. The van der Waals surface area contributed by atoms with Crippen LogP contribution in [0.1, 0.15) is 42.5 Å². The van der Waals surface area contributed by atoms with E-state index in [2.05, 4.69) is 10.1 Å². The van der Waals surface area contributed by atoms with Gasteiger partial charge in [0.05, 0.1) is 0 Å². The molecule has 114 valence electrons. The lowest BCUT2D eigenvalue weighted by Crippen LogP contribution is -2.50. The molecular formula is C16H19F2NO2. The minimum atomic E-state index is -2.87. The van der Waals surface area contributed by atoms with Gasteiger partial charge in [-0.3, -0.25) is 4.79 Å². The van der Waals surface area contributed by atoms with Crippen molar-refractivity contribution in [1.29, 1.82) is 0 Å². The molecule has 2 aliphatic heterocycles. The van der Waals surface area contributed by atoms with E-state index >= 15 is 0 Å². The summed E-state index contributed by atoms with van der Waals surface area (Å²) in [6.45, 7) is -2.87. The highest BCUT2D eigenvalue weighted by molar-refractivity contribution is 5.98. The van der Waals surface area contributed by atoms with E-state index in [9.17, 15) is 13.6 Å². The minimum Gasteiger partial charge on any atom is -0.435 e. The summed E-state index contributed by atoms with van der Waals surface area (Å²) in [6, 6.07) is 6.98. The normalized spacial score (nSPS) is 28.4. The van der Waals surface area contributed by atoms with Crippen LogP contribution in [-0.4, -0.2) is 24.5 Å². The van der Waals surface area contributed by atoms with Crippen molar-refractivity contribution in [3.63, 3.8) is 0 Å². The first-order valence-electron chi connectivity index (χ1n) is 7.47. The van der Waals surface area contributed by atoms with Gasteiger partial charge >= 0.3 is 6.61 Å². The van der Waals surface area contributed by atoms with Gasteiger partial charge in [-0.05, 0) is 37.8 Å². The standard InChI is InChI=1S/C16H19F2NO2/c17-16(18)21-14-6-1-3-10(9-14)15(20)11-7-12-4-2-5-13(8-11)19-12/h1,3,6,9,11-13,16,19H,2,4-5,7-8H2. The number of hydrogen-bond donors (Lipinski definition) is 1. The van der Waals surface area contributed by atoms with Gasteiger partial charge < -0.3 is 10.1 Å². The Kier molecular flexibility index (Phi) is 4.19. The zero-order valence-corrected chi connectivity index (χ0v) is 11.7. The Morgan fingerprint density at radius 3 is 2.62 bits per heavy atom. The number of benzene rings is 1. The third-order valence-electron chi connectivity index (χ3n) is 4.43. The smallest absolute Gasteiger partial charge is 0.387 e. The average molecular weight is 295 g/mol. The first-order valence-corrected chi connectivity index (χ1v) is 7.47. The molecular weight excluding hydrogens is 276 g/mol. The maximum atomic E-state index is 12.6. The first kappa shape index (κ1) is 14.4. The van der Waals surface area contributed by atoms with Gasteiger partial charge in [-0.15, -0.1) is 0 Å². The Morgan fingerprint density at radius 1 is 1.24 bits per heavy atom. The highest BCUT2D eigenvalue weighted by Crippen LogP contribution is 2.32. The molecule has 21 heavy (non-hydrogen) atoms. The second kappa shape index (κ2) is 6.10. The lowest BCUT2D eigenvalue weighted by molar-refractivity contribution is -0.0498. The van der Waals surface area contributed by atoms with E-state index in [-0.39, 0.29) is 17.5 Å². The summed E-state index contributed by atoms with van der Waals surface area (Å²) in [7, 11) is 0. The van der Waals surface area contributed by atoms with E-state index in [1.807, 2.05) is 0 Å². The number of fused-ring (bicyclic) bond motifs is 2. The van der Waals surface area contributed by atoms with Crippen LogP contribution in [0.25, 0.3) is 0 Å². The molecule has 2 bridgehead atoms. The second-order valence-electron chi connectivity index (χ2n) is 5.93. The van der Waals surface area contributed by atoms with Gasteiger partial charge in [0.15, 0.2) is 5.78 Å². The lowest BCUT2D eigenvalue weighted by atomic mass is 9.77. The van der Waals surface area contributed by atoms with Crippen molar-refractivity contribution in [2.75, 3.05) is 0 Å². The van der Waals surface area contributed by atoms with Crippen molar-refractivity contribution in [2.24, 2.45) is 5.92 Å². The van der Waals surface area contributed by atoms with Crippen molar-refractivity contribution in [1.82, 2.24) is 5.32 Å². The number of halogens is 2. The molecule has 2 heterocycles. The Morgan fingerprint density at radius 2 is 1.95 bits per heavy atom. The number of Topliss-reactive ketones (excluding diaryl/α,β-unsaturated/α-hetero) is 1. The van der Waals surface area contributed by atoms with E-state index in [0.29, 0.717) is 17.6 Å².